The van der Waals surface area contributed by atoms with E-state index in [-0.39, 0.29) is 5.41 Å². The minimum Gasteiger partial charge on any atom is -0.309 e. The summed E-state index contributed by atoms with van der Waals surface area (Å²) < 4.78 is 7.17. The molecule has 536 valence electrons. The lowest BCUT2D eigenvalue weighted by Gasteiger charge is -2.21. The Labute approximate surface area is 656 Å². The van der Waals surface area contributed by atoms with Crippen LogP contribution in [0.4, 0.5) is 0 Å². The minimum atomic E-state index is 0.151. The zero-order chi connectivity index (χ0) is 75.8. The van der Waals surface area contributed by atoms with Gasteiger partial charge in [-0.3, -0.25) is 0 Å². The van der Waals surface area contributed by atoms with Crippen molar-refractivity contribution in [3.8, 4) is 95.0 Å². The first-order valence-corrected chi connectivity index (χ1v) is 38.9. The van der Waals surface area contributed by atoms with E-state index in [1.807, 2.05) is 0 Å². The Morgan fingerprint density at radius 1 is 0.188 bits per heavy atom. The molecule has 0 unspecified atom stereocenters. The van der Waals surface area contributed by atoms with E-state index in [4.69, 9.17) is 0 Å². The third kappa shape index (κ3) is 13.3. The molecule has 0 saturated heterocycles. The van der Waals surface area contributed by atoms with E-state index in [2.05, 4.69) is 462 Å². The van der Waals surface area contributed by atoms with Gasteiger partial charge in [-0.05, 0) is 202 Å². The molecule has 0 radical (unpaired) electrons. The van der Waals surface area contributed by atoms with Crippen LogP contribution in [-0.4, -0.2) is 13.7 Å². The molecule has 0 saturated carbocycles. The fraction of sp³-hybridized carbons (Fsp3) is 0.0642. The van der Waals surface area contributed by atoms with Gasteiger partial charge in [0.1, 0.15) is 0 Å². The highest BCUT2D eigenvalue weighted by atomic mass is 15.0. The highest BCUT2D eigenvalue weighted by Gasteiger charge is 2.35. The van der Waals surface area contributed by atoms with Gasteiger partial charge in [0, 0.05) is 60.4 Å². The lowest BCUT2D eigenvalue weighted by Crippen LogP contribution is -2.14. The van der Waals surface area contributed by atoms with Crippen LogP contribution >= 0.6 is 0 Å². The number of aromatic nitrogens is 3. The standard InChI is InChI=1S/3C31H23N.C16H16/c1-22-15-17-24(18-16-22)27-13-8-14-30-31(27)28-21-25(23-9-4-2-5-10-23)19-20-29(28)32(30)26-11-6-3-7-12-26;1-22-15-17-24(18-16-22)27-13-8-14-28-29-21-25(23-9-4-2-5-10-23)19-20-30(29)32(31(27)28)26-11-6-3-7-12-26;1-22-12-14-24(15-13-22)26-17-19-31-29(21-26)28-20-25(23-8-4-2-5-9-23)16-18-30(28)32(31)27-10-6-3-7-11-27;1-11-8-9-13-12-6-4-5-7-14(12)16(2,3)15(13)10-11/h3*2-21H,1H3;4-10H,1-3H3. The lowest BCUT2D eigenvalue weighted by molar-refractivity contribution is 0.660. The quantitative estimate of drug-likeness (QED) is 0.137. The highest BCUT2D eigenvalue weighted by Crippen LogP contribution is 2.49. The van der Waals surface area contributed by atoms with E-state index >= 15 is 0 Å². The topological polar surface area (TPSA) is 14.8 Å². The van der Waals surface area contributed by atoms with E-state index in [9.17, 15) is 0 Å². The average molecular weight is 1440 g/mol. The largest absolute Gasteiger partial charge is 0.309 e. The van der Waals surface area contributed by atoms with Crippen LogP contribution in [0.15, 0.2) is 406 Å². The number of aryl methyl sites for hydroxylation is 4. The summed E-state index contributed by atoms with van der Waals surface area (Å²) in [5.41, 5.74) is 37.0. The van der Waals surface area contributed by atoms with Gasteiger partial charge in [0.05, 0.1) is 33.1 Å². The molecule has 0 atom stereocenters. The molecular weight excluding hydrogens is 1350 g/mol. The summed E-state index contributed by atoms with van der Waals surface area (Å²) in [6.45, 7) is 13.2. The van der Waals surface area contributed by atoms with E-state index in [0.717, 1.165) is 0 Å². The van der Waals surface area contributed by atoms with E-state index in [0.29, 0.717) is 0 Å². The first kappa shape index (κ1) is 69.9. The van der Waals surface area contributed by atoms with E-state index < -0.39 is 0 Å². The van der Waals surface area contributed by atoms with Crippen LogP contribution in [-0.2, 0) is 5.41 Å². The fourth-order valence-corrected chi connectivity index (χ4v) is 16.8. The number of benzene rings is 17. The number of hydrogen-bond acceptors (Lipinski definition) is 0. The number of hydrogen-bond donors (Lipinski definition) is 0. The molecule has 21 rings (SSSR count). The number of fused-ring (bicyclic) bond motifs is 12. The number of para-hydroxylation sites is 4. The maximum Gasteiger partial charge on any atom is 0.0619 e. The second-order valence-electron chi connectivity index (χ2n) is 30.3. The van der Waals surface area contributed by atoms with E-state index in [1.54, 1.807) is 0 Å². The van der Waals surface area contributed by atoms with Crippen LogP contribution in [0.5, 0.6) is 0 Å². The first-order valence-electron chi connectivity index (χ1n) is 38.9. The molecule has 1 aliphatic carbocycles. The van der Waals surface area contributed by atoms with Gasteiger partial charge in [0.25, 0.3) is 0 Å². The normalized spacial score (nSPS) is 11.9. The molecule has 3 heteroatoms. The molecule has 0 spiro atoms. The Morgan fingerprint density at radius 3 is 0.991 bits per heavy atom. The second-order valence-corrected chi connectivity index (χ2v) is 30.3. The van der Waals surface area contributed by atoms with Crippen LogP contribution in [0, 0.1) is 27.7 Å². The third-order valence-electron chi connectivity index (χ3n) is 22.6. The molecule has 0 aliphatic heterocycles. The molecule has 3 nitrogen and oxygen atoms in total. The summed E-state index contributed by atoms with van der Waals surface area (Å²) in [5, 5.41) is 7.69. The van der Waals surface area contributed by atoms with Crippen LogP contribution in [0.2, 0.25) is 0 Å². The van der Waals surface area contributed by atoms with Crippen LogP contribution in [0.25, 0.3) is 160 Å². The van der Waals surface area contributed by atoms with Gasteiger partial charge < -0.3 is 13.7 Å². The summed E-state index contributed by atoms with van der Waals surface area (Å²) in [5.74, 6) is 0. The molecule has 3 aromatic heterocycles. The fourth-order valence-electron chi connectivity index (χ4n) is 16.8. The van der Waals surface area contributed by atoms with Crippen molar-refractivity contribution in [2.75, 3.05) is 0 Å². The smallest absolute Gasteiger partial charge is 0.0619 e. The second kappa shape index (κ2) is 30.0. The van der Waals surface area contributed by atoms with Gasteiger partial charge in [-0.2, -0.15) is 0 Å². The molecule has 17 aromatic carbocycles. The van der Waals surface area contributed by atoms with E-state index in [1.165, 1.54) is 194 Å². The van der Waals surface area contributed by atoms with Crippen molar-refractivity contribution in [3.05, 3.63) is 440 Å². The Hall–Kier alpha value is -13.9. The predicted molar refractivity (Wildman–Crippen MR) is 478 cm³/mol. The minimum absolute atomic E-state index is 0.151. The molecule has 1 aliphatic rings. The molecule has 0 N–H and O–H groups in total. The Bertz CT molecular complexity index is 6730. The third-order valence-corrected chi connectivity index (χ3v) is 22.6. The van der Waals surface area contributed by atoms with Crippen molar-refractivity contribution >= 4 is 65.4 Å². The summed E-state index contributed by atoms with van der Waals surface area (Å²) in [7, 11) is 0. The SMILES string of the molecule is Cc1ccc(-c2ccc3c(c2)c2cc(-c4ccccc4)ccc2n3-c2ccccc2)cc1.Cc1ccc(-c2cccc3c2c2cc(-c4ccccc4)ccc2n3-c2ccccc2)cc1.Cc1ccc(-c2cccc3c4cc(-c5ccccc5)ccc4n(-c4ccccc4)c23)cc1.Cc1ccc2c(c1)C(C)(C)c1ccccc1-2. The summed E-state index contributed by atoms with van der Waals surface area (Å²) in [6, 6.07) is 147. The van der Waals surface area contributed by atoms with Crippen LogP contribution in [0.3, 0.4) is 0 Å². The number of rotatable bonds is 9. The highest BCUT2D eigenvalue weighted by molar-refractivity contribution is 6.18. The van der Waals surface area contributed by atoms with Crippen molar-refractivity contribution in [3.63, 3.8) is 0 Å². The molecule has 3 heterocycles. The Balaban J connectivity index is 0.000000107. The van der Waals surface area contributed by atoms with Gasteiger partial charge in [0.2, 0.25) is 0 Å². The van der Waals surface area contributed by atoms with Gasteiger partial charge >= 0.3 is 0 Å². The predicted octanol–water partition coefficient (Wildman–Crippen LogP) is 29.6. The van der Waals surface area contributed by atoms with Crippen molar-refractivity contribution < 1.29 is 0 Å². The zero-order valence-corrected chi connectivity index (χ0v) is 64.0. The number of nitrogens with zero attached hydrogens (tertiary/aromatic N) is 3. The van der Waals surface area contributed by atoms with Crippen molar-refractivity contribution in [1.29, 1.82) is 0 Å². The van der Waals surface area contributed by atoms with Crippen molar-refractivity contribution in [2.24, 2.45) is 0 Å². The lowest BCUT2D eigenvalue weighted by atomic mass is 9.82. The van der Waals surface area contributed by atoms with Gasteiger partial charge in [-0.25, -0.2) is 0 Å². The monoisotopic (exact) mass is 1440 g/mol. The van der Waals surface area contributed by atoms with Crippen molar-refractivity contribution in [2.45, 2.75) is 47.0 Å². The maximum atomic E-state index is 2.41. The van der Waals surface area contributed by atoms with Crippen LogP contribution in [0.1, 0.15) is 47.2 Å². The molecular formula is C109H85N3. The Morgan fingerprint density at radius 2 is 0.509 bits per heavy atom. The average Bonchev–Trinajstić information content (AvgIpc) is 1.58. The van der Waals surface area contributed by atoms with Gasteiger partial charge in [-0.1, -0.05) is 352 Å². The molecule has 112 heavy (non-hydrogen) atoms. The summed E-state index contributed by atoms with van der Waals surface area (Å²) >= 11 is 0. The molecule has 0 amide bonds. The van der Waals surface area contributed by atoms with Gasteiger partial charge in [0.15, 0.2) is 0 Å². The zero-order valence-electron chi connectivity index (χ0n) is 64.0. The summed E-state index contributed by atoms with van der Waals surface area (Å²) in [6.07, 6.45) is 0. The Kier molecular flexibility index (Phi) is 18.7. The molecule has 20 aromatic rings. The first-order chi connectivity index (χ1) is 55.0. The maximum absolute atomic E-state index is 2.41. The van der Waals surface area contributed by atoms with Crippen LogP contribution < -0.4 is 0 Å². The van der Waals surface area contributed by atoms with Gasteiger partial charge in [-0.15, -0.1) is 0 Å². The summed E-state index contributed by atoms with van der Waals surface area (Å²) in [4.78, 5) is 0. The van der Waals surface area contributed by atoms with Crippen molar-refractivity contribution in [1.82, 2.24) is 13.7 Å². The molecule has 0 bridgehead atoms. The molecule has 0 fully saturated rings.